The van der Waals surface area contributed by atoms with Crippen molar-refractivity contribution in [2.45, 2.75) is 33.1 Å². The molecule has 1 aliphatic heterocycles. The van der Waals surface area contributed by atoms with E-state index in [1.807, 2.05) is 51.1 Å². The summed E-state index contributed by atoms with van der Waals surface area (Å²) in [6.07, 6.45) is 0.235. The molecule has 3 rings (SSSR count). The van der Waals surface area contributed by atoms with Gasteiger partial charge < -0.3 is 9.94 Å². The summed E-state index contributed by atoms with van der Waals surface area (Å²) in [6.45, 7) is 5.85. The lowest BCUT2D eigenvalue weighted by atomic mass is 9.86. The van der Waals surface area contributed by atoms with Gasteiger partial charge in [-0.1, -0.05) is 44.1 Å². The Balaban J connectivity index is 1.98. The first-order chi connectivity index (χ1) is 11.9. The molecular formula is C17H18N6O2. The van der Waals surface area contributed by atoms with Crippen molar-refractivity contribution >= 4 is 11.5 Å². The van der Waals surface area contributed by atoms with E-state index in [1.165, 1.54) is 10.9 Å². The van der Waals surface area contributed by atoms with E-state index in [9.17, 15) is 10.4 Å². The monoisotopic (exact) mass is 338 g/mol. The summed E-state index contributed by atoms with van der Waals surface area (Å²) in [5.41, 5.74) is 1.30. The van der Waals surface area contributed by atoms with Gasteiger partial charge in [-0.25, -0.2) is 4.68 Å². The number of nitriles is 1. The predicted molar refractivity (Wildman–Crippen MR) is 90.6 cm³/mol. The van der Waals surface area contributed by atoms with Crippen molar-refractivity contribution < 1.29 is 9.94 Å². The summed E-state index contributed by atoms with van der Waals surface area (Å²) in [7, 11) is 0. The van der Waals surface area contributed by atoms with Crippen LogP contribution < -0.4 is 0 Å². The first-order valence-corrected chi connectivity index (χ1v) is 7.78. The molecular weight excluding hydrogens is 320 g/mol. The molecule has 0 radical (unpaired) electrons. The van der Waals surface area contributed by atoms with Crippen LogP contribution in [0.15, 0.2) is 51.9 Å². The van der Waals surface area contributed by atoms with Gasteiger partial charge in [-0.2, -0.15) is 15.5 Å². The minimum Gasteiger partial charge on any atom is -0.361 e. The first kappa shape index (κ1) is 16.8. The molecule has 0 spiro atoms. The molecule has 1 aromatic heterocycles. The number of para-hydroxylation sites is 1. The predicted octanol–water partition coefficient (Wildman–Crippen LogP) is 2.95. The molecule has 0 amide bonds. The maximum atomic E-state index is 9.99. The molecule has 8 heteroatoms. The van der Waals surface area contributed by atoms with Gasteiger partial charge in [0, 0.05) is 5.41 Å². The molecule has 2 aromatic rings. The molecule has 2 atom stereocenters. The van der Waals surface area contributed by atoms with Crippen LogP contribution in [-0.4, -0.2) is 32.9 Å². The third-order valence-electron chi connectivity index (χ3n) is 3.72. The van der Waals surface area contributed by atoms with Crippen LogP contribution in [0.25, 0.3) is 5.69 Å². The summed E-state index contributed by atoms with van der Waals surface area (Å²) in [5.74, 6) is 0.293. The number of rotatable bonds is 3. The van der Waals surface area contributed by atoms with Crippen LogP contribution in [0.5, 0.6) is 0 Å². The Labute approximate surface area is 145 Å². The Bertz CT molecular complexity index is 857. The Morgan fingerprint density at radius 2 is 2.00 bits per heavy atom. The number of azo groups is 1. The molecule has 2 unspecified atom stereocenters. The van der Waals surface area contributed by atoms with E-state index >= 15 is 0 Å². The highest BCUT2D eigenvalue weighted by Crippen LogP contribution is 2.29. The van der Waals surface area contributed by atoms with Gasteiger partial charge in [-0.05, 0) is 12.1 Å². The number of aliphatic hydroxyl groups excluding tert-OH is 1. The van der Waals surface area contributed by atoms with Crippen LogP contribution in [0.3, 0.4) is 0 Å². The fourth-order valence-corrected chi connectivity index (χ4v) is 2.44. The fourth-order valence-electron chi connectivity index (χ4n) is 2.44. The van der Waals surface area contributed by atoms with Gasteiger partial charge in [0.2, 0.25) is 0 Å². The lowest BCUT2D eigenvalue weighted by Gasteiger charge is -2.20. The molecule has 128 valence electrons. The van der Waals surface area contributed by atoms with Crippen molar-refractivity contribution in [2.75, 3.05) is 0 Å². The molecule has 1 N–H and O–H groups in total. The zero-order chi connectivity index (χ0) is 18.0. The average Bonchev–Trinajstić information content (AvgIpc) is 3.16. The second-order valence-electron chi connectivity index (χ2n) is 6.62. The Morgan fingerprint density at radius 3 is 2.64 bits per heavy atom. The number of benzene rings is 1. The number of oxime groups is 1. The van der Waals surface area contributed by atoms with Gasteiger partial charge in [0.25, 0.3) is 6.29 Å². The van der Waals surface area contributed by atoms with Crippen molar-refractivity contribution in [1.82, 2.24) is 9.78 Å². The zero-order valence-corrected chi connectivity index (χ0v) is 14.2. The van der Waals surface area contributed by atoms with Gasteiger partial charge in [0.1, 0.15) is 11.6 Å². The minimum absolute atomic E-state index is 0.287. The first-order valence-electron chi connectivity index (χ1n) is 7.78. The molecule has 0 saturated heterocycles. The van der Waals surface area contributed by atoms with Gasteiger partial charge >= 0.3 is 0 Å². The highest BCUT2D eigenvalue weighted by Gasteiger charge is 2.39. The summed E-state index contributed by atoms with van der Waals surface area (Å²) in [4.78, 5) is 4.95. The SMILES string of the molecule is CC(C)(C)C1=NOC(O)C1N=Nc1c(C#N)cnn1-c1ccccc1. The van der Waals surface area contributed by atoms with Gasteiger partial charge in [0.15, 0.2) is 11.9 Å². The van der Waals surface area contributed by atoms with Crippen LogP contribution in [-0.2, 0) is 4.84 Å². The summed E-state index contributed by atoms with van der Waals surface area (Å²) >= 11 is 0. The number of hydrogen-bond acceptors (Lipinski definition) is 7. The van der Waals surface area contributed by atoms with Crippen molar-refractivity contribution in [3.8, 4) is 11.8 Å². The van der Waals surface area contributed by atoms with Crippen molar-refractivity contribution in [3.05, 3.63) is 42.1 Å². The second-order valence-corrected chi connectivity index (χ2v) is 6.62. The quantitative estimate of drug-likeness (QED) is 0.868. The smallest absolute Gasteiger partial charge is 0.254 e. The Kier molecular flexibility index (Phi) is 4.33. The van der Waals surface area contributed by atoms with E-state index in [1.54, 1.807) is 0 Å². The van der Waals surface area contributed by atoms with E-state index in [0.717, 1.165) is 5.69 Å². The van der Waals surface area contributed by atoms with E-state index in [-0.39, 0.29) is 11.0 Å². The molecule has 0 saturated carbocycles. The third-order valence-corrected chi connectivity index (χ3v) is 3.72. The Hall–Kier alpha value is -3.05. The number of aliphatic hydroxyl groups is 1. The van der Waals surface area contributed by atoms with Gasteiger partial charge in [0.05, 0.1) is 17.6 Å². The molecule has 25 heavy (non-hydrogen) atoms. The highest BCUT2D eigenvalue weighted by molar-refractivity contribution is 5.95. The number of aromatic nitrogens is 2. The number of nitrogens with zero attached hydrogens (tertiary/aromatic N) is 6. The van der Waals surface area contributed by atoms with E-state index in [4.69, 9.17) is 4.84 Å². The molecule has 0 fully saturated rings. The van der Waals surface area contributed by atoms with Crippen LogP contribution >= 0.6 is 0 Å². The minimum atomic E-state index is -1.20. The van der Waals surface area contributed by atoms with Crippen LogP contribution in [0.1, 0.15) is 26.3 Å². The standard InChI is InChI=1S/C17H18N6O2/c1-17(2,3)14-13(16(24)25-22-14)20-21-15-11(9-18)10-19-23(15)12-7-5-4-6-8-12/h4-8,10,13,16,24H,1-3H3. The highest BCUT2D eigenvalue weighted by atomic mass is 16.7. The largest absolute Gasteiger partial charge is 0.361 e. The van der Waals surface area contributed by atoms with Crippen molar-refractivity contribution in [1.29, 1.82) is 5.26 Å². The number of hydrogen-bond donors (Lipinski definition) is 1. The molecule has 1 aromatic carbocycles. The molecule has 8 nitrogen and oxygen atoms in total. The normalized spacial score (nSPS) is 20.4. The van der Waals surface area contributed by atoms with E-state index < -0.39 is 12.3 Å². The van der Waals surface area contributed by atoms with Gasteiger partial charge in [-0.15, -0.1) is 5.11 Å². The van der Waals surface area contributed by atoms with E-state index in [2.05, 4.69) is 26.6 Å². The maximum absolute atomic E-state index is 9.99. The van der Waals surface area contributed by atoms with Crippen molar-refractivity contribution in [3.63, 3.8) is 0 Å². The van der Waals surface area contributed by atoms with Crippen LogP contribution in [0.4, 0.5) is 5.82 Å². The summed E-state index contributed by atoms with van der Waals surface area (Å²) in [6, 6.07) is 10.6. The van der Waals surface area contributed by atoms with Crippen LogP contribution in [0.2, 0.25) is 0 Å². The lowest BCUT2D eigenvalue weighted by Crippen LogP contribution is -2.34. The molecule has 0 aliphatic carbocycles. The van der Waals surface area contributed by atoms with E-state index in [0.29, 0.717) is 11.5 Å². The van der Waals surface area contributed by atoms with Gasteiger partial charge in [-0.3, -0.25) is 0 Å². The molecule has 2 heterocycles. The average molecular weight is 338 g/mol. The zero-order valence-electron chi connectivity index (χ0n) is 14.2. The summed E-state index contributed by atoms with van der Waals surface area (Å²) < 4.78 is 1.53. The lowest BCUT2D eigenvalue weighted by molar-refractivity contribution is -0.0842. The molecule has 1 aliphatic rings. The maximum Gasteiger partial charge on any atom is 0.254 e. The third kappa shape index (κ3) is 3.27. The molecule has 0 bridgehead atoms. The fraction of sp³-hybridized carbons (Fsp3) is 0.353. The second kappa shape index (κ2) is 6.45. The Morgan fingerprint density at radius 1 is 1.28 bits per heavy atom. The topological polar surface area (TPSA) is 108 Å². The van der Waals surface area contributed by atoms with Crippen molar-refractivity contribution in [2.24, 2.45) is 20.8 Å². The summed E-state index contributed by atoms with van der Waals surface area (Å²) in [5, 5.41) is 35.8. The van der Waals surface area contributed by atoms with Crippen LogP contribution in [0, 0.1) is 16.7 Å².